The van der Waals surface area contributed by atoms with Gasteiger partial charge in [0, 0.05) is 12.1 Å². The smallest absolute Gasteiger partial charge is 0.259 e. The summed E-state index contributed by atoms with van der Waals surface area (Å²) in [5.41, 5.74) is 6.26. The molecule has 74 valence electrons. The zero-order chi connectivity index (χ0) is 10.6. The number of benzene rings is 1. The molecule has 4 nitrogen and oxygen atoms in total. The van der Waals surface area contributed by atoms with Gasteiger partial charge in [0.2, 0.25) is 5.91 Å². The molecule has 0 heterocycles. The highest BCUT2D eigenvalue weighted by Crippen LogP contribution is 2.09. The van der Waals surface area contributed by atoms with Gasteiger partial charge in [0.05, 0.1) is 5.56 Å². The van der Waals surface area contributed by atoms with Crippen molar-refractivity contribution >= 4 is 17.5 Å². The fourth-order valence-corrected chi connectivity index (χ4v) is 0.986. The number of para-hydroxylation sites is 1. The van der Waals surface area contributed by atoms with Gasteiger partial charge in [-0.2, -0.15) is 0 Å². The summed E-state index contributed by atoms with van der Waals surface area (Å²) in [4.78, 5) is 22.4. The van der Waals surface area contributed by atoms with Gasteiger partial charge in [-0.3, -0.25) is 14.9 Å². The summed E-state index contributed by atoms with van der Waals surface area (Å²) in [7, 11) is 0. The van der Waals surface area contributed by atoms with E-state index in [1.165, 1.54) is 0 Å². The van der Waals surface area contributed by atoms with Gasteiger partial charge < -0.3 is 5.73 Å². The average molecular weight is 192 g/mol. The van der Waals surface area contributed by atoms with Gasteiger partial charge in [-0.25, -0.2) is 0 Å². The van der Waals surface area contributed by atoms with E-state index >= 15 is 0 Å². The molecule has 3 N–H and O–H groups in total. The monoisotopic (exact) mass is 192 g/mol. The third-order valence-corrected chi connectivity index (χ3v) is 1.78. The number of carbonyl (C=O) groups is 2. The molecular formula is C10H12N2O2. The molecule has 0 bridgehead atoms. The summed E-state index contributed by atoms with van der Waals surface area (Å²) < 4.78 is 0. The van der Waals surface area contributed by atoms with Gasteiger partial charge in [0.1, 0.15) is 0 Å². The Morgan fingerprint density at radius 1 is 1.36 bits per heavy atom. The standard InChI is InChI=1S/C10H12N2O2/c1-2-9(13)12-10(14)7-5-3-4-6-8(7)11/h3-6H,2,11H2,1H3,(H,12,13,14). The van der Waals surface area contributed by atoms with E-state index in [4.69, 9.17) is 5.73 Å². The fraction of sp³-hybridized carbons (Fsp3) is 0.200. The molecule has 0 saturated carbocycles. The van der Waals surface area contributed by atoms with Gasteiger partial charge >= 0.3 is 0 Å². The molecule has 0 aliphatic rings. The number of nitrogens with one attached hydrogen (secondary N) is 1. The Morgan fingerprint density at radius 3 is 2.57 bits per heavy atom. The largest absolute Gasteiger partial charge is 0.398 e. The van der Waals surface area contributed by atoms with Crippen molar-refractivity contribution in [1.29, 1.82) is 0 Å². The van der Waals surface area contributed by atoms with Crippen LogP contribution in [0.2, 0.25) is 0 Å². The molecule has 0 aliphatic carbocycles. The number of imide groups is 1. The summed E-state index contributed by atoms with van der Waals surface area (Å²) in [6.07, 6.45) is 0.276. The Balaban J connectivity index is 2.80. The molecular weight excluding hydrogens is 180 g/mol. The quantitative estimate of drug-likeness (QED) is 0.685. The minimum Gasteiger partial charge on any atom is -0.398 e. The van der Waals surface area contributed by atoms with E-state index in [1.807, 2.05) is 0 Å². The number of hydrogen-bond donors (Lipinski definition) is 2. The Morgan fingerprint density at radius 2 is 2.00 bits per heavy atom. The number of nitrogens with two attached hydrogens (primary N) is 1. The summed E-state index contributed by atoms with van der Waals surface area (Å²) >= 11 is 0. The van der Waals surface area contributed by atoms with Crippen molar-refractivity contribution in [3.8, 4) is 0 Å². The maximum Gasteiger partial charge on any atom is 0.259 e. The lowest BCUT2D eigenvalue weighted by Crippen LogP contribution is -2.30. The van der Waals surface area contributed by atoms with Crippen LogP contribution in [0.4, 0.5) is 5.69 Å². The van der Waals surface area contributed by atoms with Crippen LogP contribution in [0.3, 0.4) is 0 Å². The highest BCUT2D eigenvalue weighted by Gasteiger charge is 2.10. The second kappa shape index (κ2) is 4.41. The third kappa shape index (κ3) is 2.32. The van der Waals surface area contributed by atoms with Crippen LogP contribution in [0.5, 0.6) is 0 Å². The van der Waals surface area contributed by atoms with E-state index in [0.717, 1.165) is 0 Å². The molecule has 14 heavy (non-hydrogen) atoms. The number of anilines is 1. The lowest BCUT2D eigenvalue weighted by molar-refractivity contribution is -0.119. The fourth-order valence-electron chi connectivity index (χ4n) is 0.986. The summed E-state index contributed by atoms with van der Waals surface area (Å²) in [6, 6.07) is 6.62. The number of amides is 2. The molecule has 0 spiro atoms. The second-order valence-electron chi connectivity index (χ2n) is 2.82. The molecule has 0 atom stereocenters. The Labute approximate surface area is 82.1 Å². The highest BCUT2D eigenvalue weighted by molar-refractivity contribution is 6.07. The van der Waals surface area contributed by atoms with E-state index in [0.29, 0.717) is 11.3 Å². The van der Waals surface area contributed by atoms with Crippen molar-refractivity contribution in [3.63, 3.8) is 0 Å². The Kier molecular flexibility index (Phi) is 3.23. The second-order valence-corrected chi connectivity index (χ2v) is 2.82. The average Bonchev–Trinajstić information content (AvgIpc) is 2.18. The number of rotatable bonds is 2. The van der Waals surface area contributed by atoms with Crippen LogP contribution in [0.15, 0.2) is 24.3 Å². The first-order valence-electron chi connectivity index (χ1n) is 4.33. The van der Waals surface area contributed by atoms with E-state index in [-0.39, 0.29) is 12.3 Å². The first-order valence-corrected chi connectivity index (χ1v) is 4.33. The molecule has 1 aromatic carbocycles. The molecule has 0 aliphatic heterocycles. The predicted octanol–water partition coefficient (Wildman–Crippen LogP) is 0.935. The predicted molar refractivity (Wildman–Crippen MR) is 53.6 cm³/mol. The summed E-state index contributed by atoms with van der Waals surface area (Å²) in [5, 5.41) is 2.23. The zero-order valence-electron chi connectivity index (χ0n) is 7.91. The van der Waals surface area contributed by atoms with Crippen molar-refractivity contribution in [3.05, 3.63) is 29.8 Å². The topological polar surface area (TPSA) is 72.2 Å². The molecule has 0 unspecified atom stereocenters. The summed E-state index contributed by atoms with van der Waals surface area (Å²) in [5.74, 6) is -0.756. The molecule has 0 saturated heterocycles. The maximum absolute atomic E-state index is 11.4. The minimum absolute atomic E-state index is 0.276. The minimum atomic E-state index is -0.449. The van der Waals surface area contributed by atoms with Crippen molar-refractivity contribution in [2.75, 3.05) is 5.73 Å². The van der Waals surface area contributed by atoms with Crippen molar-refractivity contribution in [2.24, 2.45) is 0 Å². The highest BCUT2D eigenvalue weighted by atomic mass is 16.2. The van der Waals surface area contributed by atoms with Crippen LogP contribution in [-0.4, -0.2) is 11.8 Å². The maximum atomic E-state index is 11.4. The van der Waals surface area contributed by atoms with E-state index < -0.39 is 5.91 Å². The lowest BCUT2D eigenvalue weighted by Gasteiger charge is -2.04. The molecule has 1 rings (SSSR count). The molecule has 2 amide bonds. The van der Waals surface area contributed by atoms with Gasteiger partial charge in [0.15, 0.2) is 0 Å². The lowest BCUT2D eigenvalue weighted by atomic mass is 10.1. The normalized spacial score (nSPS) is 9.50. The first-order chi connectivity index (χ1) is 6.65. The van der Waals surface area contributed by atoms with E-state index in [2.05, 4.69) is 5.32 Å². The van der Waals surface area contributed by atoms with Gasteiger partial charge in [-0.15, -0.1) is 0 Å². The third-order valence-electron chi connectivity index (χ3n) is 1.78. The zero-order valence-corrected chi connectivity index (χ0v) is 7.91. The van der Waals surface area contributed by atoms with Crippen molar-refractivity contribution in [1.82, 2.24) is 5.32 Å². The van der Waals surface area contributed by atoms with Crippen LogP contribution in [0, 0.1) is 0 Å². The molecule has 0 radical (unpaired) electrons. The first kappa shape index (κ1) is 10.2. The van der Waals surface area contributed by atoms with Gasteiger partial charge in [-0.05, 0) is 12.1 Å². The van der Waals surface area contributed by atoms with Gasteiger partial charge in [0.25, 0.3) is 5.91 Å². The SMILES string of the molecule is CCC(=O)NC(=O)c1ccccc1N. The van der Waals surface area contributed by atoms with Crippen LogP contribution < -0.4 is 11.1 Å². The van der Waals surface area contributed by atoms with Crippen molar-refractivity contribution in [2.45, 2.75) is 13.3 Å². The molecule has 1 aromatic rings. The van der Waals surface area contributed by atoms with Crippen LogP contribution in [0.1, 0.15) is 23.7 Å². The van der Waals surface area contributed by atoms with E-state index in [9.17, 15) is 9.59 Å². The number of carbonyl (C=O) groups excluding carboxylic acids is 2. The van der Waals surface area contributed by atoms with Crippen LogP contribution >= 0.6 is 0 Å². The van der Waals surface area contributed by atoms with Crippen LogP contribution in [-0.2, 0) is 4.79 Å². The van der Waals surface area contributed by atoms with Crippen LogP contribution in [0.25, 0.3) is 0 Å². The Bertz CT molecular complexity index is 361. The van der Waals surface area contributed by atoms with Gasteiger partial charge in [-0.1, -0.05) is 19.1 Å². The number of nitrogen functional groups attached to an aromatic ring is 1. The summed E-state index contributed by atoms with van der Waals surface area (Å²) in [6.45, 7) is 1.68. The molecule has 4 heteroatoms. The molecule has 0 aromatic heterocycles. The number of hydrogen-bond acceptors (Lipinski definition) is 3. The molecule has 0 fully saturated rings. The Hall–Kier alpha value is -1.84. The van der Waals surface area contributed by atoms with Crippen molar-refractivity contribution < 1.29 is 9.59 Å². The van der Waals surface area contributed by atoms with E-state index in [1.54, 1.807) is 31.2 Å².